The molecule has 0 aliphatic rings. The number of hydrogen-bond donors (Lipinski definition) is 1. The molecule has 5 heteroatoms. The predicted octanol–water partition coefficient (Wildman–Crippen LogP) is 4.03. The molecule has 5 nitrogen and oxygen atoms in total. The van der Waals surface area contributed by atoms with Crippen LogP contribution in [0, 0.1) is 13.8 Å². The number of benzene rings is 2. The Morgan fingerprint density at radius 1 is 1.15 bits per heavy atom. The maximum atomic E-state index is 12.4. The van der Waals surface area contributed by atoms with Crippen molar-refractivity contribution >= 4 is 5.91 Å². The maximum absolute atomic E-state index is 12.4. The zero-order valence-corrected chi connectivity index (χ0v) is 16.0. The summed E-state index contributed by atoms with van der Waals surface area (Å²) in [4.78, 5) is 12.4. The van der Waals surface area contributed by atoms with Gasteiger partial charge in [0.2, 0.25) is 0 Å². The van der Waals surface area contributed by atoms with E-state index in [0.717, 1.165) is 34.5 Å². The molecule has 0 spiro atoms. The summed E-state index contributed by atoms with van der Waals surface area (Å²) < 4.78 is 7.78. The van der Waals surface area contributed by atoms with Crippen molar-refractivity contribution in [1.82, 2.24) is 15.1 Å². The molecule has 140 valence electrons. The summed E-state index contributed by atoms with van der Waals surface area (Å²) in [5, 5.41) is 7.15. The quantitative estimate of drug-likeness (QED) is 0.689. The van der Waals surface area contributed by atoms with E-state index < -0.39 is 0 Å². The van der Waals surface area contributed by atoms with Crippen LogP contribution in [-0.2, 0) is 19.7 Å². The highest BCUT2D eigenvalue weighted by Gasteiger charge is 2.08. The molecule has 0 atom stereocenters. The number of amides is 1. The first-order chi connectivity index (χ1) is 13.0. The molecular formula is C22H25N3O2. The molecule has 27 heavy (non-hydrogen) atoms. The van der Waals surface area contributed by atoms with Gasteiger partial charge in [0.1, 0.15) is 12.4 Å². The normalized spacial score (nSPS) is 10.6. The van der Waals surface area contributed by atoms with E-state index in [-0.39, 0.29) is 5.91 Å². The summed E-state index contributed by atoms with van der Waals surface area (Å²) in [6.07, 6.45) is 3.72. The number of nitrogens with one attached hydrogen (secondary N) is 1. The molecule has 1 N–H and O–H groups in total. The van der Waals surface area contributed by atoms with E-state index in [1.165, 1.54) is 0 Å². The summed E-state index contributed by atoms with van der Waals surface area (Å²) in [6.45, 7) is 7.80. The van der Waals surface area contributed by atoms with Gasteiger partial charge in [-0.25, -0.2) is 0 Å². The van der Waals surface area contributed by atoms with Gasteiger partial charge < -0.3 is 10.1 Å². The number of nitrogens with zero attached hydrogens (tertiary/aromatic N) is 2. The fourth-order valence-electron chi connectivity index (χ4n) is 2.78. The fourth-order valence-corrected chi connectivity index (χ4v) is 2.78. The van der Waals surface area contributed by atoms with Crippen molar-refractivity contribution in [1.29, 1.82) is 0 Å². The van der Waals surface area contributed by atoms with Gasteiger partial charge in [-0.15, -0.1) is 0 Å². The Balaban J connectivity index is 1.60. The molecule has 0 saturated carbocycles. The lowest BCUT2D eigenvalue weighted by atomic mass is 10.1. The third-order valence-corrected chi connectivity index (χ3v) is 4.39. The zero-order chi connectivity index (χ0) is 19.2. The SMILES string of the molecule is CCn1cc(CNC(=O)c2cccc(COc3cc(C)ccc3C)c2)cn1. The van der Waals surface area contributed by atoms with E-state index in [4.69, 9.17) is 4.74 Å². The van der Waals surface area contributed by atoms with E-state index in [1.54, 1.807) is 6.20 Å². The number of carbonyl (C=O) groups is 1. The summed E-state index contributed by atoms with van der Waals surface area (Å²) >= 11 is 0. The Kier molecular flexibility index (Phi) is 5.91. The highest BCUT2D eigenvalue weighted by atomic mass is 16.5. The molecule has 0 saturated heterocycles. The first kappa shape index (κ1) is 18.7. The van der Waals surface area contributed by atoms with Gasteiger partial charge in [0.25, 0.3) is 5.91 Å². The Hall–Kier alpha value is -3.08. The molecule has 1 heterocycles. The third kappa shape index (κ3) is 4.97. The minimum atomic E-state index is -0.104. The molecule has 0 bridgehead atoms. The second-order valence-corrected chi connectivity index (χ2v) is 6.64. The van der Waals surface area contributed by atoms with Crippen molar-refractivity contribution in [2.45, 2.75) is 40.5 Å². The molecule has 0 unspecified atom stereocenters. The lowest BCUT2D eigenvalue weighted by molar-refractivity contribution is 0.0950. The van der Waals surface area contributed by atoms with Crippen LogP contribution in [0.3, 0.4) is 0 Å². The van der Waals surface area contributed by atoms with Gasteiger partial charge in [-0.2, -0.15) is 5.10 Å². The number of aromatic nitrogens is 2. The van der Waals surface area contributed by atoms with Gasteiger partial charge in [-0.1, -0.05) is 24.3 Å². The van der Waals surface area contributed by atoms with E-state index in [2.05, 4.69) is 22.5 Å². The van der Waals surface area contributed by atoms with Crippen molar-refractivity contribution in [2.75, 3.05) is 0 Å². The van der Waals surface area contributed by atoms with Gasteiger partial charge in [0.15, 0.2) is 0 Å². The van der Waals surface area contributed by atoms with Crippen LogP contribution in [0.5, 0.6) is 5.75 Å². The minimum Gasteiger partial charge on any atom is -0.489 e. The zero-order valence-electron chi connectivity index (χ0n) is 16.0. The Morgan fingerprint density at radius 2 is 2.00 bits per heavy atom. The maximum Gasteiger partial charge on any atom is 0.251 e. The Bertz CT molecular complexity index is 931. The molecular weight excluding hydrogens is 338 g/mol. The van der Waals surface area contributed by atoms with Crippen LogP contribution in [0.1, 0.15) is 39.5 Å². The van der Waals surface area contributed by atoms with Crippen LogP contribution in [0.15, 0.2) is 54.9 Å². The number of aryl methyl sites for hydroxylation is 3. The van der Waals surface area contributed by atoms with Gasteiger partial charge >= 0.3 is 0 Å². The van der Waals surface area contributed by atoms with Crippen molar-refractivity contribution in [2.24, 2.45) is 0 Å². The smallest absolute Gasteiger partial charge is 0.251 e. The molecule has 2 aromatic carbocycles. The second kappa shape index (κ2) is 8.54. The van der Waals surface area contributed by atoms with Crippen LogP contribution in [-0.4, -0.2) is 15.7 Å². The lowest BCUT2D eigenvalue weighted by Gasteiger charge is -2.11. The lowest BCUT2D eigenvalue weighted by Crippen LogP contribution is -2.22. The van der Waals surface area contributed by atoms with Gasteiger partial charge in [0, 0.05) is 30.4 Å². The molecule has 3 aromatic rings. The molecule has 0 aliphatic carbocycles. The van der Waals surface area contributed by atoms with Crippen LogP contribution in [0.2, 0.25) is 0 Å². The monoisotopic (exact) mass is 363 g/mol. The van der Waals surface area contributed by atoms with E-state index in [0.29, 0.717) is 18.7 Å². The number of ether oxygens (including phenoxy) is 1. The summed E-state index contributed by atoms with van der Waals surface area (Å²) in [6, 6.07) is 13.7. The summed E-state index contributed by atoms with van der Waals surface area (Å²) in [7, 11) is 0. The highest BCUT2D eigenvalue weighted by Crippen LogP contribution is 2.20. The van der Waals surface area contributed by atoms with Crippen molar-refractivity contribution in [3.05, 3.63) is 82.7 Å². The summed E-state index contributed by atoms with van der Waals surface area (Å²) in [5.41, 5.74) is 4.83. The third-order valence-electron chi connectivity index (χ3n) is 4.39. The van der Waals surface area contributed by atoms with Crippen LogP contribution >= 0.6 is 0 Å². The van der Waals surface area contributed by atoms with Crippen molar-refractivity contribution in [3.63, 3.8) is 0 Å². The molecule has 1 amide bonds. The second-order valence-electron chi connectivity index (χ2n) is 6.64. The first-order valence-corrected chi connectivity index (χ1v) is 9.13. The molecule has 0 radical (unpaired) electrons. The molecule has 3 rings (SSSR count). The van der Waals surface area contributed by atoms with E-state index in [9.17, 15) is 4.79 Å². The van der Waals surface area contributed by atoms with Crippen molar-refractivity contribution < 1.29 is 9.53 Å². The van der Waals surface area contributed by atoms with Crippen LogP contribution < -0.4 is 10.1 Å². The average molecular weight is 363 g/mol. The standard InChI is InChI=1S/C22H25N3O2/c1-4-25-14-19(13-24-25)12-23-22(26)20-7-5-6-18(11-20)15-27-21-10-16(2)8-9-17(21)3/h5-11,13-14H,4,12,15H2,1-3H3,(H,23,26). The average Bonchev–Trinajstić information content (AvgIpc) is 3.15. The van der Waals surface area contributed by atoms with Crippen LogP contribution in [0.4, 0.5) is 0 Å². The topological polar surface area (TPSA) is 56.2 Å². The van der Waals surface area contributed by atoms with E-state index >= 15 is 0 Å². The molecule has 1 aromatic heterocycles. The molecule has 0 fully saturated rings. The largest absolute Gasteiger partial charge is 0.489 e. The first-order valence-electron chi connectivity index (χ1n) is 9.13. The van der Waals surface area contributed by atoms with Crippen LogP contribution in [0.25, 0.3) is 0 Å². The van der Waals surface area contributed by atoms with Crippen molar-refractivity contribution in [3.8, 4) is 5.75 Å². The van der Waals surface area contributed by atoms with Gasteiger partial charge in [-0.3, -0.25) is 9.48 Å². The number of carbonyl (C=O) groups excluding carboxylic acids is 1. The number of rotatable bonds is 7. The van der Waals surface area contributed by atoms with Gasteiger partial charge in [-0.05, 0) is 55.7 Å². The summed E-state index contributed by atoms with van der Waals surface area (Å²) in [5.74, 6) is 0.769. The Morgan fingerprint density at radius 3 is 2.78 bits per heavy atom. The molecule has 0 aliphatic heterocycles. The Labute approximate surface area is 160 Å². The van der Waals surface area contributed by atoms with Gasteiger partial charge in [0.05, 0.1) is 6.20 Å². The fraction of sp³-hybridized carbons (Fsp3) is 0.273. The predicted molar refractivity (Wildman–Crippen MR) is 106 cm³/mol. The minimum absolute atomic E-state index is 0.104. The number of hydrogen-bond acceptors (Lipinski definition) is 3. The highest BCUT2D eigenvalue weighted by molar-refractivity contribution is 5.94. The van der Waals surface area contributed by atoms with E-state index in [1.807, 2.05) is 62.0 Å².